The Bertz CT molecular complexity index is 612. The molecular weight excluding hydrogens is 300 g/mol. The summed E-state index contributed by atoms with van der Waals surface area (Å²) in [5.74, 6) is 1.99. The molecule has 2 aromatic rings. The summed E-state index contributed by atoms with van der Waals surface area (Å²) in [4.78, 5) is 22.6. The van der Waals surface area contributed by atoms with Gasteiger partial charge in [-0.1, -0.05) is 11.8 Å². The quantitative estimate of drug-likeness (QED) is 0.649. The third kappa shape index (κ3) is 4.00. The predicted molar refractivity (Wildman–Crippen MR) is 84.8 cm³/mol. The zero-order valence-corrected chi connectivity index (χ0v) is 13.0. The van der Waals surface area contributed by atoms with Crippen molar-refractivity contribution in [3.05, 3.63) is 36.5 Å². The van der Waals surface area contributed by atoms with E-state index >= 15 is 0 Å². The summed E-state index contributed by atoms with van der Waals surface area (Å²) in [5.41, 5.74) is 0. The average molecular weight is 318 g/mol. The number of nitrogens with zero attached hydrogens (tertiary/aromatic N) is 3. The number of nitrogens with one attached hydrogen (secondary N) is 1. The lowest BCUT2D eigenvalue weighted by Gasteiger charge is -2.16. The Morgan fingerprint density at radius 1 is 1.36 bits per heavy atom. The second-order valence-corrected chi connectivity index (χ2v) is 6.05. The number of thioether (sulfide) groups is 1. The lowest BCUT2D eigenvalue weighted by molar-refractivity contribution is -0.118. The van der Waals surface area contributed by atoms with Crippen LogP contribution in [0.15, 0.2) is 40.2 Å². The molecule has 0 atom stereocenters. The molecule has 0 saturated carbocycles. The molecule has 1 fully saturated rings. The number of carbonyl (C=O) groups excluding carboxylic acids is 1. The molecule has 1 aliphatic rings. The lowest BCUT2D eigenvalue weighted by atomic mass is 10.4. The van der Waals surface area contributed by atoms with Crippen LogP contribution in [0.2, 0.25) is 0 Å². The standard InChI is InChI=1S/C15H18N4O2S/c20-14(16-9-12-4-3-7-21-12)10-22-15-8-13(17-11-18-15)19-5-1-2-6-19/h3-4,7-8,11H,1-2,5-6,9-10H2,(H,16,20). The number of rotatable bonds is 6. The van der Waals surface area contributed by atoms with Crippen LogP contribution in [-0.2, 0) is 11.3 Å². The second-order valence-electron chi connectivity index (χ2n) is 5.05. The van der Waals surface area contributed by atoms with Gasteiger partial charge in [0, 0.05) is 19.2 Å². The Labute approximate surface area is 133 Å². The van der Waals surface area contributed by atoms with Gasteiger partial charge in [0.05, 0.1) is 18.6 Å². The fraction of sp³-hybridized carbons (Fsp3) is 0.400. The van der Waals surface area contributed by atoms with Gasteiger partial charge in [-0.25, -0.2) is 9.97 Å². The van der Waals surface area contributed by atoms with Crippen molar-refractivity contribution in [1.29, 1.82) is 0 Å². The van der Waals surface area contributed by atoms with Gasteiger partial charge >= 0.3 is 0 Å². The van der Waals surface area contributed by atoms with E-state index in [1.807, 2.05) is 12.1 Å². The third-order valence-corrected chi connectivity index (χ3v) is 4.37. The zero-order chi connectivity index (χ0) is 15.2. The fourth-order valence-corrected chi connectivity index (χ4v) is 3.01. The number of hydrogen-bond acceptors (Lipinski definition) is 6. The van der Waals surface area contributed by atoms with Crippen LogP contribution in [0.1, 0.15) is 18.6 Å². The van der Waals surface area contributed by atoms with Crippen LogP contribution >= 0.6 is 11.8 Å². The highest BCUT2D eigenvalue weighted by Crippen LogP contribution is 2.22. The van der Waals surface area contributed by atoms with Gasteiger partial charge in [0.25, 0.3) is 0 Å². The summed E-state index contributed by atoms with van der Waals surface area (Å²) >= 11 is 1.42. The van der Waals surface area contributed by atoms with Crippen LogP contribution in [-0.4, -0.2) is 34.7 Å². The molecule has 6 nitrogen and oxygen atoms in total. The Morgan fingerprint density at radius 2 is 2.23 bits per heavy atom. The zero-order valence-electron chi connectivity index (χ0n) is 12.2. The van der Waals surface area contributed by atoms with E-state index in [9.17, 15) is 4.79 Å². The van der Waals surface area contributed by atoms with E-state index in [1.54, 1.807) is 18.7 Å². The summed E-state index contributed by atoms with van der Waals surface area (Å²) in [6.45, 7) is 2.50. The molecule has 0 bridgehead atoms. The molecule has 0 spiro atoms. The van der Waals surface area contributed by atoms with Crippen LogP contribution < -0.4 is 10.2 Å². The highest BCUT2D eigenvalue weighted by atomic mass is 32.2. The van der Waals surface area contributed by atoms with E-state index in [0.717, 1.165) is 29.7 Å². The van der Waals surface area contributed by atoms with Crippen LogP contribution in [0, 0.1) is 0 Å². The van der Waals surface area contributed by atoms with E-state index in [-0.39, 0.29) is 5.91 Å². The smallest absolute Gasteiger partial charge is 0.230 e. The first-order chi connectivity index (χ1) is 10.8. The van der Waals surface area contributed by atoms with Crippen molar-refractivity contribution in [2.45, 2.75) is 24.4 Å². The molecule has 3 rings (SSSR count). The van der Waals surface area contributed by atoms with Crippen LogP contribution in [0.4, 0.5) is 5.82 Å². The molecule has 0 radical (unpaired) electrons. The van der Waals surface area contributed by atoms with Crippen molar-refractivity contribution in [3.63, 3.8) is 0 Å². The number of amides is 1. The van der Waals surface area contributed by atoms with Crippen molar-refractivity contribution < 1.29 is 9.21 Å². The first-order valence-corrected chi connectivity index (χ1v) is 8.29. The number of anilines is 1. The lowest BCUT2D eigenvalue weighted by Crippen LogP contribution is -2.24. The molecule has 22 heavy (non-hydrogen) atoms. The molecule has 1 saturated heterocycles. The van der Waals surface area contributed by atoms with Gasteiger partial charge in [0.2, 0.25) is 5.91 Å². The van der Waals surface area contributed by atoms with E-state index in [1.165, 1.54) is 24.6 Å². The van der Waals surface area contributed by atoms with Gasteiger partial charge in [-0.2, -0.15) is 0 Å². The summed E-state index contributed by atoms with van der Waals surface area (Å²) in [5, 5.41) is 3.64. The summed E-state index contributed by atoms with van der Waals surface area (Å²) in [6.07, 6.45) is 5.58. The molecule has 1 N–H and O–H groups in total. The topological polar surface area (TPSA) is 71.3 Å². The van der Waals surface area contributed by atoms with Gasteiger partial charge in [-0.15, -0.1) is 0 Å². The third-order valence-electron chi connectivity index (χ3n) is 3.45. The van der Waals surface area contributed by atoms with Crippen LogP contribution in [0.3, 0.4) is 0 Å². The minimum absolute atomic E-state index is 0.0391. The number of hydrogen-bond donors (Lipinski definition) is 1. The van der Waals surface area contributed by atoms with Gasteiger partial charge in [-0.3, -0.25) is 4.79 Å². The second kappa shape index (κ2) is 7.31. The van der Waals surface area contributed by atoms with Crippen molar-refractivity contribution in [3.8, 4) is 0 Å². The van der Waals surface area contributed by atoms with Crippen molar-refractivity contribution >= 4 is 23.5 Å². The molecule has 3 heterocycles. The Morgan fingerprint density at radius 3 is 3.00 bits per heavy atom. The minimum atomic E-state index is -0.0391. The highest BCUT2D eigenvalue weighted by Gasteiger charge is 2.14. The van der Waals surface area contributed by atoms with E-state index in [4.69, 9.17) is 4.42 Å². The van der Waals surface area contributed by atoms with Gasteiger partial charge in [-0.05, 0) is 25.0 Å². The maximum absolute atomic E-state index is 11.8. The summed E-state index contributed by atoms with van der Waals surface area (Å²) in [6, 6.07) is 5.59. The van der Waals surface area contributed by atoms with Gasteiger partial charge < -0.3 is 14.6 Å². The van der Waals surface area contributed by atoms with E-state index in [2.05, 4.69) is 20.2 Å². The van der Waals surface area contributed by atoms with E-state index < -0.39 is 0 Å². The molecule has 0 aliphatic carbocycles. The molecule has 7 heteroatoms. The first kappa shape index (κ1) is 14.9. The molecule has 0 unspecified atom stereocenters. The molecule has 1 aliphatic heterocycles. The Hall–Kier alpha value is -2.02. The summed E-state index contributed by atoms with van der Waals surface area (Å²) < 4.78 is 5.17. The Kier molecular flexibility index (Phi) is 4.95. The fourth-order valence-electron chi connectivity index (χ4n) is 2.32. The number of furan rings is 1. The largest absolute Gasteiger partial charge is 0.467 e. The maximum Gasteiger partial charge on any atom is 0.230 e. The minimum Gasteiger partial charge on any atom is -0.467 e. The van der Waals surface area contributed by atoms with Gasteiger partial charge in [0.1, 0.15) is 22.9 Å². The SMILES string of the molecule is O=C(CSc1cc(N2CCCC2)ncn1)NCc1ccco1. The average Bonchev–Trinajstić information content (AvgIpc) is 3.24. The molecule has 0 aromatic carbocycles. The first-order valence-electron chi connectivity index (χ1n) is 7.30. The van der Waals surface area contributed by atoms with Crippen molar-refractivity contribution in [2.75, 3.05) is 23.7 Å². The summed E-state index contributed by atoms with van der Waals surface area (Å²) in [7, 11) is 0. The monoisotopic (exact) mass is 318 g/mol. The van der Waals surface area contributed by atoms with Crippen molar-refractivity contribution in [2.24, 2.45) is 0 Å². The molecule has 1 amide bonds. The molecule has 2 aromatic heterocycles. The van der Waals surface area contributed by atoms with E-state index in [0.29, 0.717) is 12.3 Å². The number of carbonyl (C=O) groups is 1. The Balaban J connectivity index is 1.48. The molecule has 116 valence electrons. The van der Waals surface area contributed by atoms with Crippen LogP contribution in [0.25, 0.3) is 0 Å². The van der Waals surface area contributed by atoms with Crippen molar-refractivity contribution in [1.82, 2.24) is 15.3 Å². The van der Waals surface area contributed by atoms with Crippen LogP contribution in [0.5, 0.6) is 0 Å². The predicted octanol–water partition coefficient (Wildman–Crippen LogP) is 2.08. The normalized spacial score (nSPS) is 14.3. The molecular formula is C15H18N4O2S. The number of aromatic nitrogens is 2. The highest BCUT2D eigenvalue weighted by molar-refractivity contribution is 7.99. The van der Waals surface area contributed by atoms with Gasteiger partial charge in [0.15, 0.2) is 0 Å². The maximum atomic E-state index is 11.8.